The number of rotatable bonds is 3. The van der Waals surface area contributed by atoms with Crippen molar-refractivity contribution in [3.63, 3.8) is 0 Å². The van der Waals surface area contributed by atoms with Gasteiger partial charge in [-0.15, -0.1) is 0 Å². The Balaban J connectivity index is 2.14. The minimum atomic E-state index is -1.09. The molecule has 1 unspecified atom stereocenters. The summed E-state index contributed by atoms with van der Waals surface area (Å²) in [6, 6.07) is 21.7. The molecule has 0 bridgehead atoms. The minimum Gasteiger partial charge on any atom is -0.478 e. The number of carboxylic acid groups (broad SMARTS) is 1. The first-order chi connectivity index (χ1) is 12.6. The van der Waals surface area contributed by atoms with Crippen LogP contribution < -0.4 is 0 Å². The number of hydrogen-bond acceptors (Lipinski definition) is 2. The Morgan fingerprint density at radius 1 is 0.885 bits per heavy atom. The molecule has 0 saturated carbocycles. The molecule has 0 aliphatic rings. The van der Waals surface area contributed by atoms with E-state index >= 15 is 0 Å². The van der Waals surface area contributed by atoms with Gasteiger partial charge in [0.1, 0.15) is 0 Å². The van der Waals surface area contributed by atoms with Crippen LogP contribution in [0.1, 0.15) is 21.5 Å². The van der Waals surface area contributed by atoms with Crippen LogP contribution in [0.25, 0.3) is 11.1 Å². The van der Waals surface area contributed by atoms with Crippen molar-refractivity contribution in [3.05, 3.63) is 89.5 Å². The number of hydrogen-bond donors (Lipinski definition) is 1. The third-order valence-electron chi connectivity index (χ3n) is 3.89. The van der Waals surface area contributed by atoms with E-state index in [0.29, 0.717) is 16.0 Å². The highest BCUT2D eigenvalue weighted by Crippen LogP contribution is 2.28. The summed E-state index contributed by atoms with van der Waals surface area (Å²) in [6.45, 7) is 0. The fourth-order valence-corrected chi connectivity index (χ4v) is 3.14. The van der Waals surface area contributed by atoms with Gasteiger partial charge in [0.05, 0.1) is 5.56 Å². The monoisotopic (exact) mass is 360 g/mol. The number of carbonyl (C=O) groups is 1. The number of carboxylic acids is 1. The van der Waals surface area contributed by atoms with Gasteiger partial charge in [0, 0.05) is 38.6 Å². The van der Waals surface area contributed by atoms with E-state index in [1.165, 1.54) is 0 Å². The molecule has 0 aromatic heterocycles. The summed E-state index contributed by atoms with van der Waals surface area (Å²) in [5.74, 6) is 5.15. The molecule has 3 aromatic rings. The molecule has 3 nitrogen and oxygen atoms in total. The highest BCUT2D eigenvalue weighted by atomic mass is 32.2. The predicted octanol–water partition coefficient (Wildman–Crippen LogP) is 4.19. The predicted molar refractivity (Wildman–Crippen MR) is 104 cm³/mol. The van der Waals surface area contributed by atoms with Crippen molar-refractivity contribution < 1.29 is 14.1 Å². The van der Waals surface area contributed by atoms with Crippen molar-refractivity contribution in [1.29, 1.82) is 0 Å². The molecule has 128 valence electrons. The molecule has 3 rings (SSSR count). The fraction of sp³-hybridized carbons (Fsp3) is 0.0455. The van der Waals surface area contributed by atoms with Gasteiger partial charge in [-0.25, -0.2) is 4.79 Å². The van der Waals surface area contributed by atoms with Crippen molar-refractivity contribution in [3.8, 4) is 23.0 Å². The van der Waals surface area contributed by atoms with E-state index < -0.39 is 16.8 Å². The van der Waals surface area contributed by atoms with Gasteiger partial charge in [-0.1, -0.05) is 48.2 Å². The first-order valence-corrected chi connectivity index (χ1v) is 9.49. The SMILES string of the molecule is CS(=O)c1ccc(-c2c(C#Cc3ccccc3)cccc2C(=O)O)cc1. The molecule has 0 aliphatic heterocycles. The third-order valence-corrected chi connectivity index (χ3v) is 4.82. The second-order valence-corrected chi connectivity index (χ2v) is 7.01. The summed E-state index contributed by atoms with van der Waals surface area (Å²) in [5.41, 5.74) is 2.98. The third kappa shape index (κ3) is 3.90. The van der Waals surface area contributed by atoms with Crippen LogP contribution >= 0.6 is 0 Å². The van der Waals surface area contributed by atoms with Crippen LogP contribution in [0.5, 0.6) is 0 Å². The molecule has 1 atom stereocenters. The summed E-state index contributed by atoms with van der Waals surface area (Å²) in [4.78, 5) is 12.4. The lowest BCUT2D eigenvalue weighted by Gasteiger charge is -2.10. The summed E-state index contributed by atoms with van der Waals surface area (Å²) < 4.78 is 11.6. The van der Waals surface area contributed by atoms with Crippen LogP contribution in [0.2, 0.25) is 0 Å². The van der Waals surface area contributed by atoms with Gasteiger partial charge < -0.3 is 5.11 Å². The molecule has 0 saturated heterocycles. The molecule has 0 amide bonds. The highest BCUT2D eigenvalue weighted by molar-refractivity contribution is 7.84. The van der Waals surface area contributed by atoms with Crippen LogP contribution in [-0.2, 0) is 10.8 Å². The summed E-state index contributed by atoms with van der Waals surface area (Å²) in [7, 11) is -1.09. The van der Waals surface area contributed by atoms with Crippen LogP contribution in [0.3, 0.4) is 0 Å². The maximum atomic E-state index is 11.7. The second-order valence-electron chi connectivity index (χ2n) is 5.63. The largest absolute Gasteiger partial charge is 0.478 e. The summed E-state index contributed by atoms with van der Waals surface area (Å²) in [5, 5.41) is 9.58. The van der Waals surface area contributed by atoms with Crippen molar-refractivity contribution >= 4 is 16.8 Å². The minimum absolute atomic E-state index is 0.190. The molecule has 0 radical (unpaired) electrons. The lowest BCUT2D eigenvalue weighted by molar-refractivity contribution is 0.0697. The zero-order valence-electron chi connectivity index (χ0n) is 14.1. The molecule has 0 aliphatic carbocycles. The van der Waals surface area contributed by atoms with E-state index in [2.05, 4.69) is 11.8 Å². The van der Waals surface area contributed by atoms with Crippen molar-refractivity contribution in [1.82, 2.24) is 0 Å². The quantitative estimate of drug-likeness (QED) is 0.713. The lowest BCUT2D eigenvalue weighted by Crippen LogP contribution is -2.01. The lowest BCUT2D eigenvalue weighted by atomic mass is 9.94. The molecule has 1 N–H and O–H groups in total. The zero-order chi connectivity index (χ0) is 18.5. The smallest absolute Gasteiger partial charge is 0.336 e. The van der Waals surface area contributed by atoms with Gasteiger partial charge in [-0.3, -0.25) is 4.21 Å². The van der Waals surface area contributed by atoms with Crippen LogP contribution in [0, 0.1) is 11.8 Å². The second kappa shape index (κ2) is 7.81. The molecular weight excluding hydrogens is 344 g/mol. The normalized spacial score (nSPS) is 11.3. The van der Waals surface area contributed by atoms with Crippen LogP contribution in [0.4, 0.5) is 0 Å². The average molecular weight is 360 g/mol. The van der Waals surface area contributed by atoms with Gasteiger partial charge in [0.15, 0.2) is 0 Å². The molecule has 0 fully saturated rings. The Kier molecular flexibility index (Phi) is 5.31. The number of benzene rings is 3. The Hall–Kier alpha value is -3.16. The molecule has 26 heavy (non-hydrogen) atoms. The maximum Gasteiger partial charge on any atom is 0.336 e. The Morgan fingerprint density at radius 2 is 1.58 bits per heavy atom. The maximum absolute atomic E-state index is 11.7. The van der Waals surface area contributed by atoms with E-state index in [1.54, 1.807) is 42.7 Å². The first-order valence-electron chi connectivity index (χ1n) is 7.93. The van der Waals surface area contributed by atoms with Gasteiger partial charge in [0.2, 0.25) is 0 Å². The van der Waals surface area contributed by atoms with E-state index in [1.807, 2.05) is 36.4 Å². The van der Waals surface area contributed by atoms with Crippen molar-refractivity contribution in [2.75, 3.05) is 6.26 Å². The Bertz CT molecular complexity index is 1030. The topological polar surface area (TPSA) is 54.4 Å². The van der Waals surface area contributed by atoms with Crippen molar-refractivity contribution in [2.24, 2.45) is 0 Å². The standard InChI is InChI=1S/C22H16O3S/c1-26(25)19-14-12-18(13-15-19)21-17(8-5-9-20(21)22(23)24)11-10-16-6-3-2-4-7-16/h2-9,12-15H,1H3,(H,23,24). The molecular formula is C22H16O3S. The molecule has 4 heteroatoms. The van der Waals surface area contributed by atoms with Gasteiger partial charge in [-0.2, -0.15) is 0 Å². The summed E-state index contributed by atoms with van der Waals surface area (Å²) in [6.07, 6.45) is 1.61. The summed E-state index contributed by atoms with van der Waals surface area (Å²) >= 11 is 0. The molecule has 3 aromatic carbocycles. The molecule has 0 spiro atoms. The first kappa shape index (κ1) is 17.7. The van der Waals surface area contributed by atoms with Crippen LogP contribution in [-0.4, -0.2) is 21.5 Å². The molecule has 0 heterocycles. The van der Waals surface area contributed by atoms with Gasteiger partial charge in [0.25, 0.3) is 0 Å². The van der Waals surface area contributed by atoms with Gasteiger partial charge in [-0.05, 0) is 42.0 Å². The van der Waals surface area contributed by atoms with E-state index in [4.69, 9.17) is 0 Å². The Labute approximate surface area is 154 Å². The Morgan fingerprint density at radius 3 is 2.19 bits per heavy atom. The average Bonchev–Trinajstić information content (AvgIpc) is 2.67. The highest BCUT2D eigenvalue weighted by Gasteiger charge is 2.15. The van der Waals surface area contributed by atoms with Gasteiger partial charge >= 0.3 is 5.97 Å². The fourth-order valence-electron chi connectivity index (χ4n) is 2.62. The van der Waals surface area contributed by atoms with Crippen LogP contribution in [0.15, 0.2) is 77.7 Å². The zero-order valence-corrected chi connectivity index (χ0v) is 14.9. The van der Waals surface area contributed by atoms with E-state index in [9.17, 15) is 14.1 Å². The van der Waals surface area contributed by atoms with E-state index in [-0.39, 0.29) is 5.56 Å². The van der Waals surface area contributed by atoms with E-state index in [0.717, 1.165) is 11.1 Å². The van der Waals surface area contributed by atoms with Crippen molar-refractivity contribution in [2.45, 2.75) is 4.90 Å². The number of aromatic carboxylic acids is 1.